The van der Waals surface area contributed by atoms with Gasteiger partial charge in [0.05, 0.1) is 37.2 Å². The summed E-state index contributed by atoms with van der Waals surface area (Å²) >= 11 is 0. The Kier molecular flexibility index (Phi) is 4.50. The summed E-state index contributed by atoms with van der Waals surface area (Å²) in [6.07, 6.45) is -0.568. The third kappa shape index (κ3) is 3.15. The van der Waals surface area contributed by atoms with Crippen LogP contribution in [-0.2, 0) is 9.47 Å². The molecule has 0 spiro atoms. The topological polar surface area (TPSA) is 90.8 Å². The first-order valence-corrected chi connectivity index (χ1v) is 7.30. The number of nitrogens with zero attached hydrogens (tertiary/aromatic N) is 5. The zero-order valence-corrected chi connectivity index (χ0v) is 12.4. The first kappa shape index (κ1) is 15.4. The van der Waals surface area contributed by atoms with Crippen molar-refractivity contribution in [1.29, 1.82) is 0 Å². The number of azide groups is 1. The second-order valence-electron chi connectivity index (χ2n) is 5.25. The summed E-state index contributed by atoms with van der Waals surface area (Å²) in [5.74, 6) is -0.411. The molecule has 0 saturated carbocycles. The summed E-state index contributed by atoms with van der Waals surface area (Å²) in [7, 11) is 0. The predicted octanol–water partition coefficient (Wildman–Crippen LogP) is 2.30. The molecular weight excluding hydrogens is 305 g/mol. The highest BCUT2D eigenvalue weighted by Gasteiger charge is 2.34. The van der Waals surface area contributed by atoms with Crippen LogP contribution in [0.5, 0.6) is 0 Å². The van der Waals surface area contributed by atoms with Crippen molar-refractivity contribution < 1.29 is 18.7 Å². The van der Waals surface area contributed by atoms with E-state index in [1.54, 1.807) is 12.1 Å². The van der Waals surface area contributed by atoms with Gasteiger partial charge in [-0.2, -0.15) is 0 Å². The van der Waals surface area contributed by atoms with Crippen molar-refractivity contribution in [2.45, 2.75) is 6.04 Å². The van der Waals surface area contributed by atoms with E-state index in [4.69, 9.17) is 15.0 Å². The molecule has 1 amide bonds. The summed E-state index contributed by atoms with van der Waals surface area (Å²) in [6.45, 7) is 2.57. The third-order valence-electron chi connectivity index (χ3n) is 3.88. The quantitative estimate of drug-likeness (QED) is 0.483. The standard InChI is InChI=1S/C14H16FN5O3/c15-12-7-10(1-2-13(12)19-3-5-22-6-4-19)20-11(8-17-18-16)9-23-14(20)21/h1-2,7,11H,3-6,8-9H2/t11-/m1/s1. The van der Waals surface area contributed by atoms with Gasteiger partial charge >= 0.3 is 6.09 Å². The van der Waals surface area contributed by atoms with E-state index in [1.165, 1.54) is 11.0 Å². The van der Waals surface area contributed by atoms with E-state index >= 15 is 0 Å². The molecule has 0 N–H and O–H groups in total. The van der Waals surface area contributed by atoms with Crippen LogP contribution in [0.1, 0.15) is 0 Å². The Hall–Kier alpha value is -2.51. The number of halogens is 1. The van der Waals surface area contributed by atoms with Crippen molar-refractivity contribution in [2.24, 2.45) is 5.11 Å². The van der Waals surface area contributed by atoms with Gasteiger partial charge in [-0.1, -0.05) is 5.11 Å². The summed E-state index contributed by atoms with van der Waals surface area (Å²) in [4.78, 5) is 17.8. The first-order valence-electron chi connectivity index (χ1n) is 7.30. The van der Waals surface area contributed by atoms with Gasteiger partial charge in [0.2, 0.25) is 0 Å². The van der Waals surface area contributed by atoms with Crippen molar-refractivity contribution in [1.82, 2.24) is 0 Å². The van der Waals surface area contributed by atoms with Crippen LogP contribution in [0.4, 0.5) is 20.6 Å². The van der Waals surface area contributed by atoms with Gasteiger partial charge in [0, 0.05) is 18.0 Å². The zero-order valence-electron chi connectivity index (χ0n) is 12.4. The minimum Gasteiger partial charge on any atom is -0.447 e. The molecule has 3 rings (SSSR count). The number of benzene rings is 1. The number of amides is 1. The van der Waals surface area contributed by atoms with Crippen LogP contribution < -0.4 is 9.80 Å². The Labute approximate surface area is 132 Å². The van der Waals surface area contributed by atoms with E-state index in [0.717, 1.165) is 0 Å². The minimum absolute atomic E-state index is 0.0784. The van der Waals surface area contributed by atoms with Gasteiger partial charge in [-0.25, -0.2) is 9.18 Å². The van der Waals surface area contributed by atoms with E-state index in [1.807, 2.05) is 4.90 Å². The van der Waals surface area contributed by atoms with Crippen LogP contribution in [0.3, 0.4) is 0 Å². The number of rotatable bonds is 4. The number of cyclic esters (lactones) is 1. The van der Waals surface area contributed by atoms with E-state index in [0.29, 0.717) is 37.7 Å². The Morgan fingerprint density at radius 2 is 2.17 bits per heavy atom. The maximum atomic E-state index is 14.5. The average Bonchev–Trinajstić information content (AvgIpc) is 2.94. The molecule has 0 radical (unpaired) electrons. The Bertz CT molecular complexity index is 643. The van der Waals surface area contributed by atoms with Crippen LogP contribution in [0.25, 0.3) is 10.4 Å². The zero-order chi connectivity index (χ0) is 16.2. The number of anilines is 2. The molecule has 122 valence electrons. The van der Waals surface area contributed by atoms with Gasteiger partial charge in [-0.05, 0) is 23.7 Å². The van der Waals surface area contributed by atoms with Crippen LogP contribution in [0.15, 0.2) is 23.3 Å². The third-order valence-corrected chi connectivity index (χ3v) is 3.88. The lowest BCUT2D eigenvalue weighted by Crippen LogP contribution is -2.37. The normalized spacial score (nSPS) is 21.1. The highest BCUT2D eigenvalue weighted by molar-refractivity contribution is 5.90. The molecule has 2 heterocycles. The lowest BCUT2D eigenvalue weighted by Gasteiger charge is -2.29. The van der Waals surface area contributed by atoms with Crippen molar-refractivity contribution in [3.8, 4) is 0 Å². The average molecular weight is 321 g/mol. The van der Waals surface area contributed by atoms with Gasteiger partial charge in [0.1, 0.15) is 12.4 Å². The molecular formula is C14H16FN5O3. The van der Waals surface area contributed by atoms with Crippen LogP contribution in [0, 0.1) is 5.82 Å². The molecule has 1 atom stereocenters. The van der Waals surface area contributed by atoms with Crippen LogP contribution in [-0.4, -0.2) is 51.6 Å². The van der Waals surface area contributed by atoms with E-state index in [-0.39, 0.29) is 13.2 Å². The van der Waals surface area contributed by atoms with E-state index in [9.17, 15) is 9.18 Å². The van der Waals surface area contributed by atoms with Crippen molar-refractivity contribution in [3.63, 3.8) is 0 Å². The largest absolute Gasteiger partial charge is 0.447 e. The number of ether oxygens (including phenoxy) is 2. The molecule has 8 nitrogen and oxygen atoms in total. The molecule has 0 aromatic heterocycles. The Balaban J connectivity index is 1.83. The van der Waals surface area contributed by atoms with Gasteiger partial charge in [0.25, 0.3) is 0 Å². The molecule has 0 aliphatic carbocycles. The fraction of sp³-hybridized carbons (Fsp3) is 0.500. The van der Waals surface area contributed by atoms with E-state index < -0.39 is 18.0 Å². The molecule has 0 unspecified atom stereocenters. The highest BCUT2D eigenvalue weighted by Crippen LogP contribution is 2.29. The molecule has 0 bridgehead atoms. The van der Waals surface area contributed by atoms with Crippen molar-refractivity contribution in [3.05, 3.63) is 34.5 Å². The summed E-state index contributed by atoms with van der Waals surface area (Å²) < 4.78 is 24.7. The van der Waals surface area contributed by atoms with Gasteiger partial charge in [-0.3, -0.25) is 4.90 Å². The number of morpholine rings is 1. The number of carbonyl (C=O) groups is 1. The van der Waals surface area contributed by atoms with Crippen LogP contribution in [0.2, 0.25) is 0 Å². The van der Waals surface area contributed by atoms with Crippen molar-refractivity contribution in [2.75, 3.05) is 49.3 Å². The maximum Gasteiger partial charge on any atom is 0.414 e. The number of hydrogen-bond donors (Lipinski definition) is 0. The van der Waals surface area contributed by atoms with Gasteiger partial charge in [0.15, 0.2) is 0 Å². The molecule has 2 aliphatic heterocycles. The molecule has 1 aromatic carbocycles. The van der Waals surface area contributed by atoms with Gasteiger partial charge in [-0.15, -0.1) is 0 Å². The van der Waals surface area contributed by atoms with Gasteiger partial charge < -0.3 is 14.4 Å². The monoisotopic (exact) mass is 321 g/mol. The number of hydrogen-bond acceptors (Lipinski definition) is 5. The highest BCUT2D eigenvalue weighted by atomic mass is 19.1. The fourth-order valence-electron chi connectivity index (χ4n) is 2.75. The minimum atomic E-state index is -0.568. The molecule has 2 fully saturated rings. The smallest absolute Gasteiger partial charge is 0.414 e. The first-order chi connectivity index (χ1) is 11.2. The lowest BCUT2D eigenvalue weighted by molar-refractivity contribution is 0.122. The number of carbonyl (C=O) groups excluding carboxylic acids is 1. The SMILES string of the molecule is [N-]=[N+]=NC[C@@H]1COC(=O)N1c1ccc(N2CCOCC2)c(F)c1. The molecule has 23 heavy (non-hydrogen) atoms. The molecule has 9 heteroatoms. The van der Waals surface area contributed by atoms with E-state index in [2.05, 4.69) is 10.0 Å². The Morgan fingerprint density at radius 3 is 2.87 bits per heavy atom. The van der Waals surface area contributed by atoms with Crippen molar-refractivity contribution >= 4 is 17.5 Å². The fourth-order valence-corrected chi connectivity index (χ4v) is 2.75. The summed E-state index contributed by atoms with van der Waals surface area (Å²) in [5, 5.41) is 3.47. The second-order valence-corrected chi connectivity index (χ2v) is 5.25. The lowest BCUT2D eigenvalue weighted by atomic mass is 10.2. The molecule has 2 saturated heterocycles. The predicted molar refractivity (Wildman–Crippen MR) is 81.1 cm³/mol. The second kappa shape index (κ2) is 6.72. The summed E-state index contributed by atoms with van der Waals surface area (Å²) in [6, 6.07) is 4.20. The van der Waals surface area contributed by atoms with Crippen LogP contribution >= 0.6 is 0 Å². The molecule has 2 aliphatic rings. The molecule has 1 aromatic rings. The Morgan fingerprint density at radius 1 is 1.39 bits per heavy atom. The summed E-state index contributed by atoms with van der Waals surface area (Å²) in [5.41, 5.74) is 9.28. The maximum absolute atomic E-state index is 14.5.